The lowest BCUT2D eigenvalue weighted by Crippen LogP contribution is -2.06. The highest BCUT2D eigenvalue weighted by Gasteiger charge is 2.11. The molecule has 0 saturated carbocycles. The fourth-order valence-electron chi connectivity index (χ4n) is 1.88. The summed E-state index contributed by atoms with van der Waals surface area (Å²) in [6.07, 6.45) is 0.667. The molecule has 1 heterocycles. The largest absolute Gasteiger partial charge is 0.480 e. The number of ether oxygens (including phenoxy) is 1. The maximum absolute atomic E-state index is 10.9. The van der Waals surface area contributed by atoms with E-state index < -0.39 is 0 Å². The van der Waals surface area contributed by atoms with Gasteiger partial charge in [0.05, 0.1) is 17.7 Å². The van der Waals surface area contributed by atoms with Crippen LogP contribution in [0.4, 0.5) is 5.82 Å². The highest BCUT2D eigenvalue weighted by molar-refractivity contribution is 9.10. The van der Waals surface area contributed by atoms with Gasteiger partial charge in [-0.1, -0.05) is 39.7 Å². The molecule has 0 saturated heterocycles. The van der Waals surface area contributed by atoms with E-state index in [2.05, 4.69) is 26.2 Å². The van der Waals surface area contributed by atoms with Gasteiger partial charge in [0, 0.05) is 11.0 Å². The third-order valence-electron chi connectivity index (χ3n) is 3.12. The minimum atomic E-state index is 0.253. The molecule has 0 fully saturated rings. The number of carbonyl (C=O) groups is 1. The third-order valence-corrected chi connectivity index (χ3v) is 4.26. The van der Waals surface area contributed by atoms with Crippen molar-refractivity contribution in [1.29, 1.82) is 0 Å². The van der Waals surface area contributed by atoms with Crippen LogP contribution >= 0.6 is 27.5 Å². The number of carbonyl (C=O) groups excluding carboxylic acids is 1. The number of halogens is 2. The molecule has 0 unspecified atom stereocenters. The van der Waals surface area contributed by atoms with Gasteiger partial charge in [-0.05, 0) is 30.2 Å². The van der Waals surface area contributed by atoms with Crippen LogP contribution in [-0.2, 0) is 6.54 Å². The van der Waals surface area contributed by atoms with Crippen LogP contribution in [0.25, 0.3) is 0 Å². The first-order valence-corrected chi connectivity index (χ1v) is 7.41. The van der Waals surface area contributed by atoms with Gasteiger partial charge in [0.25, 0.3) is 0 Å². The van der Waals surface area contributed by atoms with Gasteiger partial charge in [0.2, 0.25) is 5.88 Å². The number of pyridine rings is 1. The fourth-order valence-corrected chi connectivity index (χ4v) is 2.51. The highest BCUT2D eigenvalue weighted by atomic mass is 79.9. The Kier molecular flexibility index (Phi) is 5.20. The first-order chi connectivity index (χ1) is 10.1. The second-order valence-corrected chi connectivity index (χ2v) is 5.67. The molecule has 2 aromatic rings. The molecule has 2 rings (SSSR count). The molecule has 1 aromatic heterocycles. The van der Waals surface area contributed by atoms with Crippen molar-refractivity contribution in [2.45, 2.75) is 13.5 Å². The molecule has 0 aliphatic rings. The van der Waals surface area contributed by atoms with Gasteiger partial charge in [0.15, 0.2) is 6.29 Å². The van der Waals surface area contributed by atoms with Crippen molar-refractivity contribution in [3.05, 3.63) is 50.5 Å². The number of rotatable bonds is 5. The molecule has 6 heteroatoms. The molecule has 1 N–H and O–H groups in total. The summed E-state index contributed by atoms with van der Waals surface area (Å²) in [5, 5.41) is 3.54. The van der Waals surface area contributed by atoms with Crippen molar-refractivity contribution in [3.63, 3.8) is 0 Å². The van der Waals surface area contributed by atoms with E-state index in [4.69, 9.17) is 16.3 Å². The maximum Gasteiger partial charge on any atom is 0.225 e. The van der Waals surface area contributed by atoms with Gasteiger partial charge in [-0.15, -0.1) is 0 Å². The summed E-state index contributed by atoms with van der Waals surface area (Å²) in [7, 11) is 1.46. The molecular formula is C15H14BrClN2O2. The van der Waals surface area contributed by atoms with Crippen LogP contribution < -0.4 is 10.1 Å². The minimum absolute atomic E-state index is 0.253. The normalized spacial score (nSPS) is 10.3. The molecule has 0 aliphatic carbocycles. The van der Waals surface area contributed by atoms with Gasteiger partial charge < -0.3 is 10.1 Å². The number of benzene rings is 1. The molecule has 0 spiro atoms. The van der Waals surface area contributed by atoms with Crippen LogP contribution in [0.1, 0.15) is 21.5 Å². The fraction of sp³-hybridized carbons (Fsp3) is 0.200. The summed E-state index contributed by atoms with van der Waals surface area (Å²) in [6.45, 7) is 2.60. The molecule has 0 amide bonds. The predicted molar refractivity (Wildman–Crippen MR) is 87.4 cm³/mol. The zero-order valence-electron chi connectivity index (χ0n) is 11.6. The summed E-state index contributed by atoms with van der Waals surface area (Å²) in [5.74, 6) is 0.737. The molecular weight excluding hydrogens is 356 g/mol. The first kappa shape index (κ1) is 15.8. The Balaban J connectivity index is 2.24. The van der Waals surface area contributed by atoms with Crippen LogP contribution in [0.15, 0.2) is 28.7 Å². The number of hydrogen-bond donors (Lipinski definition) is 1. The molecule has 0 atom stereocenters. The quantitative estimate of drug-likeness (QED) is 0.801. The first-order valence-electron chi connectivity index (χ1n) is 6.24. The summed E-state index contributed by atoms with van der Waals surface area (Å²) < 4.78 is 6.13. The number of nitrogens with one attached hydrogen (secondary N) is 1. The summed E-state index contributed by atoms with van der Waals surface area (Å²) in [6, 6.07) is 7.53. The number of anilines is 1. The minimum Gasteiger partial charge on any atom is -0.480 e. The molecule has 21 heavy (non-hydrogen) atoms. The Labute approximate surface area is 136 Å². The molecule has 4 nitrogen and oxygen atoms in total. The number of hydrogen-bond acceptors (Lipinski definition) is 4. The molecule has 0 radical (unpaired) electrons. The van der Waals surface area contributed by atoms with E-state index in [0.29, 0.717) is 29.2 Å². The molecule has 110 valence electrons. The SMILES string of the molecule is COc1nc(NCc2cccc(Br)c2C)c(Cl)cc1C=O. The van der Waals surface area contributed by atoms with Crippen LogP contribution in [0.2, 0.25) is 5.02 Å². The van der Waals surface area contributed by atoms with E-state index >= 15 is 0 Å². The zero-order chi connectivity index (χ0) is 15.4. The lowest BCUT2D eigenvalue weighted by Gasteiger charge is -2.12. The van der Waals surface area contributed by atoms with Gasteiger partial charge in [-0.25, -0.2) is 0 Å². The molecule has 1 aromatic carbocycles. The van der Waals surface area contributed by atoms with Crippen molar-refractivity contribution in [1.82, 2.24) is 4.98 Å². The van der Waals surface area contributed by atoms with E-state index in [1.54, 1.807) is 0 Å². The van der Waals surface area contributed by atoms with E-state index in [9.17, 15) is 4.79 Å². The Hall–Kier alpha value is -1.59. The summed E-state index contributed by atoms with van der Waals surface area (Å²) in [5.41, 5.74) is 2.60. The van der Waals surface area contributed by atoms with Crippen molar-refractivity contribution in [2.24, 2.45) is 0 Å². The van der Waals surface area contributed by atoms with Gasteiger partial charge in [-0.3, -0.25) is 4.79 Å². The average molecular weight is 370 g/mol. The van der Waals surface area contributed by atoms with Crippen LogP contribution in [0, 0.1) is 6.92 Å². The predicted octanol–water partition coefficient (Wildman–Crippen LogP) is 4.24. The standard InChI is InChI=1S/C15H14BrClN2O2/c1-9-10(4-3-5-12(9)16)7-18-14-13(17)6-11(8-20)15(19-14)21-2/h3-6,8H,7H2,1-2H3,(H,18,19). The summed E-state index contributed by atoms with van der Waals surface area (Å²) >= 11 is 9.63. The Morgan fingerprint density at radius 1 is 1.48 bits per heavy atom. The number of methoxy groups -OCH3 is 1. The van der Waals surface area contributed by atoms with E-state index in [-0.39, 0.29) is 5.88 Å². The van der Waals surface area contributed by atoms with E-state index in [0.717, 1.165) is 15.6 Å². The van der Waals surface area contributed by atoms with Crippen molar-refractivity contribution >= 4 is 39.6 Å². The zero-order valence-corrected chi connectivity index (χ0v) is 14.0. The van der Waals surface area contributed by atoms with Gasteiger partial charge in [0.1, 0.15) is 5.82 Å². The van der Waals surface area contributed by atoms with Crippen LogP contribution in [0.5, 0.6) is 5.88 Å². The monoisotopic (exact) mass is 368 g/mol. The second-order valence-electron chi connectivity index (χ2n) is 4.41. The van der Waals surface area contributed by atoms with E-state index in [1.165, 1.54) is 13.2 Å². The molecule has 0 bridgehead atoms. The van der Waals surface area contributed by atoms with Gasteiger partial charge >= 0.3 is 0 Å². The van der Waals surface area contributed by atoms with Crippen molar-refractivity contribution in [3.8, 4) is 5.88 Å². The van der Waals surface area contributed by atoms with Crippen molar-refractivity contribution < 1.29 is 9.53 Å². The maximum atomic E-state index is 10.9. The highest BCUT2D eigenvalue weighted by Crippen LogP contribution is 2.27. The number of aldehydes is 1. The second kappa shape index (κ2) is 6.91. The number of nitrogens with zero attached hydrogens (tertiary/aromatic N) is 1. The van der Waals surface area contributed by atoms with Crippen LogP contribution in [0.3, 0.4) is 0 Å². The average Bonchev–Trinajstić information content (AvgIpc) is 2.49. The number of aromatic nitrogens is 1. The third kappa shape index (κ3) is 3.54. The Morgan fingerprint density at radius 3 is 2.90 bits per heavy atom. The topological polar surface area (TPSA) is 51.2 Å². The Morgan fingerprint density at radius 2 is 2.24 bits per heavy atom. The molecule has 0 aliphatic heterocycles. The van der Waals surface area contributed by atoms with Gasteiger partial charge in [-0.2, -0.15) is 4.98 Å². The smallest absolute Gasteiger partial charge is 0.225 e. The summed E-state index contributed by atoms with van der Waals surface area (Å²) in [4.78, 5) is 15.1. The Bertz CT molecular complexity index is 677. The lowest BCUT2D eigenvalue weighted by atomic mass is 10.1. The lowest BCUT2D eigenvalue weighted by molar-refractivity contribution is 0.112. The van der Waals surface area contributed by atoms with E-state index in [1.807, 2.05) is 25.1 Å². The van der Waals surface area contributed by atoms with Crippen molar-refractivity contribution in [2.75, 3.05) is 12.4 Å². The van der Waals surface area contributed by atoms with Crippen LogP contribution in [-0.4, -0.2) is 18.4 Å².